The first-order valence-corrected chi connectivity index (χ1v) is 6.45. The number of carbonyl (C=O) groups is 1. The zero-order valence-electron chi connectivity index (χ0n) is 10.6. The molecule has 1 aromatic heterocycles. The van der Waals surface area contributed by atoms with Gasteiger partial charge in [0.1, 0.15) is 17.3 Å². The Bertz CT molecular complexity index is 845. The highest BCUT2D eigenvalue weighted by atomic mass is 35.5. The van der Waals surface area contributed by atoms with E-state index < -0.39 is 11.7 Å². The predicted octanol–water partition coefficient (Wildman–Crippen LogP) is 4.35. The van der Waals surface area contributed by atoms with Crippen molar-refractivity contribution in [1.29, 1.82) is 0 Å². The fourth-order valence-corrected chi connectivity index (χ4v) is 2.17. The van der Waals surface area contributed by atoms with E-state index in [4.69, 9.17) is 11.6 Å². The van der Waals surface area contributed by atoms with Crippen LogP contribution in [0.1, 0.15) is 10.5 Å². The van der Waals surface area contributed by atoms with Gasteiger partial charge < -0.3 is 10.3 Å². The molecule has 1 heterocycles. The summed E-state index contributed by atoms with van der Waals surface area (Å²) < 4.78 is 26.2. The largest absolute Gasteiger partial charge is 0.350 e. The lowest BCUT2D eigenvalue weighted by molar-refractivity contribution is 0.102. The highest BCUT2D eigenvalue weighted by molar-refractivity contribution is 6.31. The number of hydrogen-bond donors (Lipinski definition) is 2. The van der Waals surface area contributed by atoms with Crippen LogP contribution in [0.4, 0.5) is 14.5 Å². The number of rotatable bonds is 2. The Kier molecular flexibility index (Phi) is 3.35. The van der Waals surface area contributed by atoms with Crippen molar-refractivity contribution in [2.45, 2.75) is 0 Å². The maximum absolute atomic E-state index is 13.1. The normalized spacial score (nSPS) is 10.8. The zero-order chi connectivity index (χ0) is 15.0. The number of fused-ring (bicyclic) bond motifs is 1. The van der Waals surface area contributed by atoms with E-state index in [0.29, 0.717) is 11.2 Å². The number of halogens is 3. The van der Waals surface area contributed by atoms with Gasteiger partial charge in [0.25, 0.3) is 5.91 Å². The molecule has 6 heteroatoms. The molecule has 2 aromatic carbocycles. The Morgan fingerprint density at radius 1 is 1.10 bits per heavy atom. The van der Waals surface area contributed by atoms with E-state index in [1.807, 2.05) is 0 Å². The number of carbonyl (C=O) groups excluding carboxylic acids is 1. The summed E-state index contributed by atoms with van der Waals surface area (Å²) in [5, 5.41) is 3.23. The first-order valence-electron chi connectivity index (χ1n) is 6.07. The number of anilines is 1. The molecule has 0 radical (unpaired) electrons. The topological polar surface area (TPSA) is 44.9 Å². The van der Waals surface area contributed by atoms with Crippen LogP contribution in [0.25, 0.3) is 10.9 Å². The van der Waals surface area contributed by atoms with Gasteiger partial charge in [-0.05, 0) is 42.5 Å². The summed E-state index contributed by atoms with van der Waals surface area (Å²) in [6, 6.07) is 9.69. The number of amides is 1. The van der Waals surface area contributed by atoms with Crippen LogP contribution in [0.3, 0.4) is 0 Å². The second kappa shape index (κ2) is 5.18. The minimum atomic E-state index is -0.559. The van der Waals surface area contributed by atoms with E-state index in [9.17, 15) is 13.6 Å². The molecule has 21 heavy (non-hydrogen) atoms. The van der Waals surface area contributed by atoms with Crippen molar-refractivity contribution in [2.24, 2.45) is 0 Å². The van der Waals surface area contributed by atoms with Crippen LogP contribution >= 0.6 is 11.6 Å². The van der Waals surface area contributed by atoms with Gasteiger partial charge in [-0.3, -0.25) is 4.79 Å². The molecule has 0 bridgehead atoms. The molecule has 0 saturated heterocycles. The van der Waals surface area contributed by atoms with Crippen molar-refractivity contribution >= 4 is 34.1 Å². The van der Waals surface area contributed by atoms with Crippen molar-refractivity contribution in [2.75, 3.05) is 5.32 Å². The third kappa shape index (κ3) is 2.73. The first kappa shape index (κ1) is 13.6. The van der Waals surface area contributed by atoms with E-state index in [2.05, 4.69) is 10.3 Å². The summed E-state index contributed by atoms with van der Waals surface area (Å²) in [6.07, 6.45) is 0. The van der Waals surface area contributed by atoms with Gasteiger partial charge in [0, 0.05) is 16.6 Å². The monoisotopic (exact) mass is 306 g/mol. The maximum Gasteiger partial charge on any atom is 0.272 e. The quantitative estimate of drug-likeness (QED) is 0.726. The minimum Gasteiger partial charge on any atom is -0.350 e. The molecule has 0 aliphatic heterocycles. The van der Waals surface area contributed by atoms with Gasteiger partial charge >= 0.3 is 0 Å². The van der Waals surface area contributed by atoms with E-state index in [1.54, 1.807) is 12.1 Å². The molecule has 0 unspecified atom stereocenters. The molecule has 0 aliphatic carbocycles. The van der Waals surface area contributed by atoms with Gasteiger partial charge in [0.15, 0.2) is 0 Å². The molecular formula is C15H9ClF2N2O. The molecule has 1 amide bonds. The number of nitrogens with one attached hydrogen (secondary N) is 2. The molecule has 0 spiro atoms. The third-order valence-corrected chi connectivity index (χ3v) is 3.30. The summed E-state index contributed by atoms with van der Waals surface area (Å²) in [5.41, 5.74) is 1.17. The summed E-state index contributed by atoms with van der Waals surface area (Å²) in [5.74, 6) is -1.37. The lowest BCUT2D eigenvalue weighted by Crippen LogP contribution is -2.12. The molecule has 0 atom stereocenters. The SMILES string of the molecule is O=C(Nc1ccc(F)c(Cl)c1)c1cc2ccc(F)cc2[nH]1. The summed E-state index contributed by atoms with van der Waals surface area (Å²) in [4.78, 5) is 14.9. The molecule has 106 valence electrons. The van der Waals surface area contributed by atoms with Crippen molar-refractivity contribution < 1.29 is 13.6 Å². The molecule has 0 saturated carbocycles. The fourth-order valence-electron chi connectivity index (χ4n) is 1.99. The molecule has 3 aromatic rings. The van der Waals surface area contributed by atoms with Crippen molar-refractivity contribution in [3.05, 3.63) is 64.8 Å². The molecule has 3 rings (SSSR count). The van der Waals surface area contributed by atoms with Crippen LogP contribution in [0.15, 0.2) is 42.5 Å². The number of H-pyrrole nitrogens is 1. The van der Waals surface area contributed by atoms with Crippen LogP contribution in [-0.2, 0) is 0 Å². The van der Waals surface area contributed by atoms with Crippen molar-refractivity contribution in [1.82, 2.24) is 4.98 Å². The van der Waals surface area contributed by atoms with Gasteiger partial charge in [0.2, 0.25) is 0 Å². The summed E-state index contributed by atoms with van der Waals surface area (Å²) in [7, 11) is 0. The summed E-state index contributed by atoms with van der Waals surface area (Å²) >= 11 is 5.65. The van der Waals surface area contributed by atoms with Crippen LogP contribution in [-0.4, -0.2) is 10.9 Å². The number of aromatic amines is 1. The maximum atomic E-state index is 13.1. The van der Waals surface area contributed by atoms with Gasteiger partial charge in [0.05, 0.1) is 5.02 Å². The minimum absolute atomic E-state index is 0.0773. The van der Waals surface area contributed by atoms with E-state index in [0.717, 1.165) is 5.39 Å². The summed E-state index contributed by atoms with van der Waals surface area (Å²) in [6.45, 7) is 0. The average molecular weight is 307 g/mol. The Morgan fingerprint density at radius 2 is 1.90 bits per heavy atom. The van der Waals surface area contributed by atoms with Crippen molar-refractivity contribution in [3.63, 3.8) is 0 Å². The smallest absolute Gasteiger partial charge is 0.272 e. The first-order chi connectivity index (χ1) is 10.0. The standard InChI is InChI=1S/C15H9ClF2N2O/c16-11-7-10(3-4-12(11)18)19-15(21)14-5-8-1-2-9(17)6-13(8)20-14/h1-7,20H,(H,19,21). The van der Waals surface area contributed by atoms with Crippen LogP contribution in [0, 0.1) is 11.6 Å². The Labute approximate surface area is 123 Å². The second-order valence-corrected chi connectivity index (χ2v) is 4.90. The van der Waals surface area contributed by atoms with Crippen molar-refractivity contribution in [3.8, 4) is 0 Å². The second-order valence-electron chi connectivity index (χ2n) is 4.50. The predicted molar refractivity (Wildman–Crippen MR) is 77.6 cm³/mol. The molecule has 0 aliphatic rings. The average Bonchev–Trinajstić information content (AvgIpc) is 2.86. The van der Waals surface area contributed by atoms with E-state index >= 15 is 0 Å². The molecule has 0 fully saturated rings. The lowest BCUT2D eigenvalue weighted by atomic mass is 10.2. The van der Waals surface area contributed by atoms with E-state index in [-0.39, 0.29) is 16.5 Å². The van der Waals surface area contributed by atoms with Crippen LogP contribution in [0.2, 0.25) is 5.02 Å². The van der Waals surface area contributed by atoms with E-state index in [1.165, 1.54) is 30.3 Å². The fraction of sp³-hybridized carbons (Fsp3) is 0. The highest BCUT2D eigenvalue weighted by Gasteiger charge is 2.11. The van der Waals surface area contributed by atoms with Gasteiger partial charge in [-0.1, -0.05) is 11.6 Å². The number of aromatic nitrogens is 1. The molecule has 2 N–H and O–H groups in total. The molecule has 3 nitrogen and oxygen atoms in total. The molecular weight excluding hydrogens is 298 g/mol. The Balaban J connectivity index is 1.87. The van der Waals surface area contributed by atoms with Crippen LogP contribution < -0.4 is 5.32 Å². The highest BCUT2D eigenvalue weighted by Crippen LogP contribution is 2.21. The third-order valence-electron chi connectivity index (χ3n) is 3.01. The Hall–Kier alpha value is -2.40. The lowest BCUT2D eigenvalue weighted by Gasteiger charge is -2.04. The van der Waals surface area contributed by atoms with Gasteiger partial charge in [-0.2, -0.15) is 0 Å². The Morgan fingerprint density at radius 3 is 2.67 bits per heavy atom. The van der Waals surface area contributed by atoms with Crippen LogP contribution in [0.5, 0.6) is 0 Å². The van der Waals surface area contributed by atoms with Gasteiger partial charge in [-0.25, -0.2) is 8.78 Å². The zero-order valence-corrected chi connectivity index (χ0v) is 11.3. The van der Waals surface area contributed by atoms with Gasteiger partial charge in [-0.15, -0.1) is 0 Å². The number of benzene rings is 2. The number of hydrogen-bond acceptors (Lipinski definition) is 1.